The van der Waals surface area contributed by atoms with Gasteiger partial charge in [-0.3, -0.25) is 10.7 Å². The number of likely N-dealkylation sites (N-methyl/N-ethyl adjacent to an activating group) is 1. The Kier molecular flexibility index (Phi) is 7.28. The normalized spacial score (nSPS) is 20.9. The van der Waals surface area contributed by atoms with E-state index in [2.05, 4.69) is 18.2 Å². The van der Waals surface area contributed by atoms with Crippen molar-refractivity contribution in [1.29, 1.82) is 0 Å². The number of hydrogen-bond donors (Lipinski definition) is 2. The number of carbonyl (C=O) groups excluding carboxylic acids is 1. The first-order valence-corrected chi connectivity index (χ1v) is 8.60. The van der Waals surface area contributed by atoms with Crippen molar-refractivity contribution in [3.63, 3.8) is 0 Å². The molecule has 2 fully saturated rings. The van der Waals surface area contributed by atoms with Gasteiger partial charge in [-0.15, -0.1) is 0 Å². The second-order valence-corrected chi connectivity index (χ2v) is 6.41. The van der Waals surface area contributed by atoms with E-state index in [1.807, 2.05) is 12.1 Å². The lowest BCUT2D eigenvalue weighted by Gasteiger charge is -2.26. The summed E-state index contributed by atoms with van der Waals surface area (Å²) in [6.45, 7) is 4.26. The van der Waals surface area contributed by atoms with E-state index in [-0.39, 0.29) is 23.2 Å². The summed E-state index contributed by atoms with van der Waals surface area (Å²) in [7, 11) is 3.79. The van der Waals surface area contributed by atoms with Crippen molar-refractivity contribution in [2.75, 3.05) is 40.5 Å². The fourth-order valence-corrected chi connectivity index (χ4v) is 2.96. The van der Waals surface area contributed by atoms with Gasteiger partial charge in [-0.1, -0.05) is 24.4 Å². The highest BCUT2D eigenvalue weighted by atomic mass is 32.1. The minimum absolute atomic E-state index is 0.153. The molecule has 0 aromatic heterocycles. The highest BCUT2D eigenvalue weighted by molar-refractivity contribution is 7.80. The average Bonchev–Trinajstić information content (AvgIpc) is 2.62. The van der Waals surface area contributed by atoms with Crippen molar-refractivity contribution < 1.29 is 19.2 Å². The maximum Gasteiger partial charge on any atom is 0.225 e. The number of ether oxygens (including phenoxy) is 2. The maximum atomic E-state index is 11.5. The van der Waals surface area contributed by atoms with Crippen LogP contribution >= 0.6 is 12.2 Å². The van der Waals surface area contributed by atoms with Gasteiger partial charge in [0.05, 0.1) is 27.4 Å². The number of amides is 1. The summed E-state index contributed by atoms with van der Waals surface area (Å²) in [6, 6.07) is 7.31. The van der Waals surface area contributed by atoms with Gasteiger partial charge in [0.1, 0.15) is 23.8 Å². The van der Waals surface area contributed by atoms with Crippen LogP contribution in [0.25, 0.3) is 5.41 Å². The molecule has 1 atom stereocenters. The van der Waals surface area contributed by atoms with Gasteiger partial charge in [-0.05, 0) is 17.7 Å². The lowest BCUT2D eigenvalue weighted by atomic mass is 9.86. The number of morpholine rings is 1. The van der Waals surface area contributed by atoms with Crippen molar-refractivity contribution in [3.05, 3.63) is 40.8 Å². The summed E-state index contributed by atoms with van der Waals surface area (Å²) >= 11 is 5.01. The van der Waals surface area contributed by atoms with Crippen molar-refractivity contribution in [1.82, 2.24) is 5.32 Å². The molecule has 134 valence electrons. The quantitative estimate of drug-likeness (QED) is 0.452. The predicted molar refractivity (Wildman–Crippen MR) is 100 cm³/mol. The number of rotatable bonds is 2. The van der Waals surface area contributed by atoms with Gasteiger partial charge in [-0.25, -0.2) is 0 Å². The average molecular weight is 361 g/mol. The summed E-state index contributed by atoms with van der Waals surface area (Å²) in [4.78, 5) is 13.3. The summed E-state index contributed by atoms with van der Waals surface area (Å²) in [5.74, 6) is 2.40. The number of methoxy groups -OCH3 is 1. The van der Waals surface area contributed by atoms with E-state index >= 15 is 0 Å². The SMILES string of the molecule is COc1ccc(C2CC(=O)NC(=S)C2=C=[N-])cc1.C[NH+]1CCOCC1. The molecular formula is C18H23N3O3S. The monoisotopic (exact) mass is 361 g/mol. The van der Waals surface area contributed by atoms with E-state index in [4.69, 9.17) is 27.1 Å². The zero-order chi connectivity index (χ0) is 18.2. The summed E-state index contributed by atoms with van der Waals surface area (Å²) in [5.41, 5.74) is 1.33. The zero-order valence-corrected chi connectivity index (χ0v) is 15.3. The van der Waals surface area contributed by atoms with Gasteiger partial charge in [0.25, 0.3) is 0 Å². The Morgan fingerprint density at radius 1 is 1.32 bits per heavy atom. The van der Waals surface area contributed by atoms with Gasteiger partial charge >= 0.3 is 0 Å². The number of piperidine rings is 1. The molecule has 0 spiro atoms. The molecule has 0 bridgehead atoms. The van der Waals surface area contributed by atoms with Crippen molar-refractivity contribution in [2.24, 2.45) is 0 Å². The second-order valence-electron chi connectivity index (χ2n) is 6.00. The minimum Gasteiger partial charge on any atom is -0.763 e. The van der Waals surface area contributed by atoms with Crippen LogP contribution in [0.15, 0.2) is 29.8 Å². The molecule has 0 radical (unpaired) electrons. The van der Waals surface area contributed by atoms with Crippen LogP contribution in [0.1, 0.15) is 17.9 Å². The molecule has 2 saturated heterocycles. The van der Waals surface area contributed by atoms with Crippen LogP contribution in [-0.2, 0) is 9.53 Å². The molecule has 2 aliphatic heterocycles. The van der Waals surface area contributed by atoms with E-state index in [0.717, 1.165) is 24.5 Å². The molecule has 1 amide bonds. The number of thiocarbonyl (C=S) groups is 1. The van der Waals surface area contributed by atoms with Gasteiger partial charge in [0.15, 0.2) is 0 Å². The molecule has 0 aliphatic carbocycles. The van der Waals surface area contributed by atoms with Crippen molar-refractivity contribution >= 4 is 29.0 Å². The highest BCUT2D eigenvalue weighted by Gasteiger charge is 2.28. The first kappa shape index (κ1) is 19.3. The van der Waals surface area contributed by atoms with E-state index < -0.39 is 0 Å². The van der Waals surface area contributed by atoms with Crippen LogP contribution < -0.4 is 15.0 Å². The molecule has 0 saturated carbocycles. The van der Waals surface area contributed by atoms with Crippen LogP contribution in [-0.4, -0.2) is 57.2 Å². The molecule has 1 aromatic rings. The molecule has 2 aliphatic rings. The van der Waals surface area contributed by atoms with E-state index in [0.29, 0.717) is 5.57 Å². The first-order valence-electron chi connectivity index (χ1n) is 8.19. The Balaban J connectivity index is 0.000000269. The topological polar surface area (TPSA) is 74.3 Å². The van der Waals surface area contributed by atoms with Crippen LogP contribution in [0.4, 0.5) is 0 Å². The Hall–Kier alpha value is -2.05. The number of benzene rings is 1. The number of nitrogens with one attached hydrogen (secondary N) is 2. The zero-order valence-electron chi connectivity index (χ0n) is 14.5. The Labute approximate surface area is 153 Å². The largest absolute Gasteiger partial charge is 0.763 e. The number of quaternary nitrogens is 1. The molecule has 7 heteroatoms. The molecule has 2 N–H and O–H groups in total. The van der Waals surface area contributed by atoms with Gasteiger partial charge in [0.2, 0.25) is 5.91 Å². The molecule has 2 heterocycles. The molecule has 3 rings (SSSR count). The third kappa shape index (κ3) is 5.47. The molecule has 25 heavy (non-hydrogen) atoms. The van der Waals surface area contributed by atoms with Crippen molar-refractivity contribution in [2.45, 2.75) is 12.3 Å². The Morgan fingerprint density at radius 2 is 1.96 bits per heavy atom. The summed E-state index contributed by atoms with van der Waals surface area (Å²) < 4.78 is 10.2. The molecule has 1 unspecified atom stereocenters. The third-order valence-electron chi connectivity index (χ3n) is 4.22. The maximum absolute atomic E-state index is 11.5. The molecule has 6 nitrogen and oxygen atoms in total. The van der Waals surface area contributed by atoms with Gasteiger partial charge in [-0.2, -0.15) is 0 Å². The smallest absolute Gasteiger partial charge is 0.225 e. The predicted octanol–water partition coefficient (Wildman–Crippen LogP) is 0.323. The fourth-order valence-electron chi connectivity index (χ4n) is 2.66. The number of carbonyl (C=O) groups is 1. The lowest BCUT2D eigenvalue weighted by molar-refractivity contribution is -0.888. The Bertz CT molecular complexity index is 663. The Morgan fingerprint density at radius 3 is 2.44 bits per heavy atom. The van der Waals surface area contributed by atoms with Crippen LogP contribution in [0, 0.1) is 0 Å². The van der Waals surface area contributed by atoms with Crippen LogP contribution in [0.5, 0.6) is 5.75 Å². The van der Waals surface area contributed by atoms with E-state index in [1.165, 1.54) is 13.1 Å². The van der Waals surface area contributed by atoms with Gasteiger partial charge in [0, 0.05) is 17.9 Å². The first-order chi connectivity index (χ1) is 12.0. The second kappa shape index (κ2) is 9.44. The van der Waals surface area contributed by atoms with Crippen molar-refractivity contribution in [3.8, 4) is 5.75 Å². The number of nitrogens with zero attached hydrogens (tertiary/aromatic N) is 1. The van der Waals surface area contributed by atoms with Crippen LogP contribution in [0.2, 0.25) is 0 Å². The molecular weight excluding hydrogens is 338 g/mol. The molecule has 1 aromatic carbocycles. The van der Waals surface area contributed by atoms with Crippen LogP contribution in [0.3, 0.4) is 0 Å². The fraction of sp³-hybridized carbons (Fsp3) is 0.444. The third-order valence-corrected chi connectivity index (χ3v) is 4.54. The van der Waals surface area contributed by atoms with E-state index in [1.54, 1.807) is 24.1 Å². The highest BCUT2D eigenvalue weighted by Crippen LogP contribution is 2.30. The number of hydrogen-bond acceptors (Lipinski definition) is 4. The minimum atomic E-state index is -0.262. The summed E-state index contributed by atoms with van der Waals surface area (Å²) in [6.07, 6.45) is 0.245. The standard InChI is InChI=1S/C13H11N2O2S.C5H11NO/c1-17-9-4-2-8(3-5-9)10-6-12(16)15-13(18)11(10)7-14;1-6-2-4-7-5-3-6/h2-5,10H,6H2,1H3,(H,15,16,18);2-5H2,1H3/q-1;/p+1. The van der Waals surface area contributed by atoms with Gasteiger partial charge < -0.3 is 25.1 Å². The lowest BCUT2D eigenvalue weighted by Crippen LogP contribution is -3.11. The van der Waals surface area contributed by atoms with E-state index in [9.17, 15) is 4.79 Å². The summed E-state index contributed by atoms with van der Waals surface area (Å²) in [5, 5.41) is 11.6.